The minimum atomic E-state index is 0. The summed E-state index contributed by atoms with van der Waals surface area (Å²) < 4.78 is 0. The van der Waals surface area contributed by atoms with Crippen molar-refractivity contribution < 1.29 is 20.3 Å². The first kappa shape index (κ1) is 12.8. The van der Waals surface area contributed by atoms with Gasteiger partial charge in [-0.3, -0.25) is 0 Å². The Balaban J connectivity index is 0. The van der Waals surface area contributed by atoms with E-state index in [1.165, 1.54) is 11.1 Å². The first-order valence-electron chi connectivity index (χ1n) is 4.71. The van der Waals surface area contributed by atoms with Crippen molar-refractivity contribution in [3.8, 4) is 0 Å². The Morgan fingerprint density at radius 2 is 1.31 bits per heavy atom. The standard InChI is InChI=1S/C12H18.Li.H/c1-9(2)11-6-5-7-12(8-11)10(3)4;;/h5-10H,1-4H3;;/q;+1;-1. The van der Waals surface area contributed by atoms with Gasteiger partial charge in [-0.1, -0.05) is 52.0 Å². The molecule has 0 unspecified atom stereocenters. The maximum absolute atomic E-state index is 2.31. The van der Waals surface area contributed by atoms with Crippen LogP contribution in [0.4, 0.5) is 0 Å². The fourth-order valence-electron chi connectivity index (χ4n) is 1.28. The van der Waals surface area contributed by atoms with Crippen LogP contribution >= 0.6 is 0 Å². The number of rotatable bonds is 2. The van der Waals surface area contributed by atoms with E-state index >= 15 is 0 Å². The molecule has 68 valence electrons. The van der Waals surface area contributed by atoms with Crippen LogP contribution in [0.25, 0.3) is 0 Å². The molecule has 0 heterocycles. The molecule has 0 saturated heterocycles. The molecule has 0 fully saturated rings. The molecular weight excluding hydrogens is 151 g/mol. The van der Waals surface area contributed by atoms with Crippen LogP contribution in [0.1, 0.15) is 52.1 Å². The molecule has 0 N–H and O–H groups in total. The summed E-state index contributed by atoms with van der Waals surface area (Å²) in [6.07, 6.45) is 0. The van der Waals surface area contributed by atoms with Gasteiger partial charge < -0.3 is 1.43 Å². The molecule has 0 bridgehead atoms. The average molecular weight is 170 g/mol. The van der Waals surface area contributed by atoms with E-state index < -0.39 is 0 Å². The van der Waals surface area contributed by atoms with E-state index in [4.69, 9.17) is 0 Å². The van der Waals surface area contributed by atoms with E-state index in [1.807, 2.05) is 0 Å². The third kappa shape index (κ3) is 3.59. The third-order valence-electron chi connectivity index (χ3n) is 2.24. The Morgan fingerprint density at radius 3 is 1.62 bits per heavy atom. The molecule has 1 aromatic carbocycles. The number of hydrogen-bond acceptors (Lipinski definition) is 0. The van der Waals surface area contributed by atoms with E-state index in [1.54, 1.807) is 0 Å². The predicted octanol–water partition coefficient (Wildman–Crippen LogP) is 1.05. The van der Waals surface area contributed by atoms with Gasteiger partial charge in [0, 0.05) is 0 Å². The summed E-state index contributed by atoms with van der Waals surface area (Å²) in [5, 5.41) is 0. The fourth-order valence-corrected chi connectivity index (χ4v) is 1.28. The minimum absolute atomic E-state index is 0. The Labute approximate surface area is 95.4 Å². The molecule has 0 aliphatic rings. The van der Waals surface area contributed by atoms with Crippen LogP contribution in [0.3, 0.4) is 0 Å². The summed E-state index contributed by atoms with van der Waals surface area (Å²) in [6, 6.07) is 8.88. The summed E-state index contributed by atoms with van der Waals surface area (Å²) in [5.41, 5.74) is 2.89. The molecule has 1 aromatic rings. The van der Waals surface area contributed by atoms with E-state index in [0.29, 0.717) is 11.8 Å². The van der Waals surface area contributed by atoms with Crippen LogP contribution < -0.4 is 18.9 Å². The second kappa shape index (κ2) is 5.53. The molecule has 0 saturated carbocycles. The smallest absolute Gasteiger partial charge is 1.00 e. The molecule has 13 heavy (non-hydrogen) atoms. The van der Waals surface area contributed by atoms with Crippen LogP contribution in [-0.2, 0) is 0 Å². The van der Waals surface area contributed by atoms with Gasteiger partial charge in [-0.2, -0.15) is 0 Å². The maximum atomic E-state index is 2.31. The van der Waals surface area contributed by atoms with E-state index in [9.17, 15) is 0 Å². The van der Waals surface area contributed by atoms with Gasteiger partial charge in [0.2, 0.25) is 0 Å². The molecule has 1 heteroatoms. The van der Waals surface area contributed by atoms with Crippen molar-refractivity contribution in [3.05, 3.63) is 35.4 Å². The van der Waals surface area contributed by atoms with Crippen molar-refractivity contribution in [2.75, 3.05) is 0 Å². The van der Waals surface area contributed by atoms with Crippen LogP contribution in [-0.4, -0.2) is 0 Å². The van der Waals surface area contributed by atoms with Crippen molar-refractivity contribution in [2.45, 2.75) is 39.5 Å². The molecule has 0 atom stereocenters. The van der Waals surface area contributed by atoms with Crippen LogP contribution in [0.2, 0.25) is 0 Å². The maximum Gasteiger partial charge on any atom is 1.00 e. The molecule has 0 aliphatic carbocycles. The van der Waals surface area contributed by atoms with Crippen LogP contribution in [0.5, 0.6) is 0 Å². The fraction of sp³-hybridized carbons (Fsp3) is 0.500. The Morgan fingerprint density at radius 1 is 0.923 bits per heavy atom. The Kier molecular flexibility index (Phi) is 5.45. The monoisotopic (exact) mass is 170 g/mol. The summed E-state index contributed by atoms with van der Waals surface area (Å²) in [7, 11) is 0. The quantitative estimate of drug-likeness (QED) is 0.582. The van der Waals surface area contributed by atoms with Crippen molar-refractivity contribution in [1.82, 2.24) is 0 Å². The molecule has 0 radical (unpaired) electrons. The van der Waals surface area contributed by atoms with E-state index in [-0.39, 0.29) is 20.3 Å². The van der Waals surface area contributed by atoms with Crippen molar-refractivity contribution in [3.63, 3.8) is 0 Å². The van der Waals surface area contributed by atoms with Gasteiger partial charge in [0.05, 0.1) is 0 Å². The van der Waals surface area contributed by atoms with Gasteiger partial charge >= 0.3 is 18.9 Å². The minimum Gasteiger partial charge on any atom is -1.00 e. The largest absolute Gasteiger partial charge is 1.00 e. The zero-order valence-corrected chi connectivity index (χ0v) is 9.46. The van der Waals surface area contributed by atoms with Crippen molar-refractivity contribution in [2.24, 2.45) is 0 Å². The molecule has 0 amide bonds. The van der Waals surface area contributed by atoms with Crippen molar-refractivity contribution in [1.29, 1.82) is 0 Å². The zero-order valence-electron chi connectivity index (χ0n) is 10.5. The molecular formula is C12H19Li. The normalized spacial score (nSPS) is 10.3. The first-order valence-corrected chi connectivity index (χ1v) is 4.71. The van der Waals surface area contributed by atoms with Gasteiger partial charge in [0.25, 0.3) is 0 Å². The van der Waals surface area contributed by atoms with Crippen molar-refractivity contribution >= 4 is 0 Å². The molecule has 0 aliphatic heterocycles. The summed E-state index contributed by atoms with van der Waals surface area (Å²) >= 11 is 0. The van der Waals surface area contributed by atoms with Gasteiger partial charge in [-0.05, 0) is 23.0 Å². The first-order chi connectivity index (χ1) is 5.61. The van der Waals surface area contributed by atoms with Gasteiger partial charge in [-0.25, -0.2) is 0 Å². The average Bonchev–Trinajstić information content (AvgIpc) is 2.04. The van der Waals surface area contributed by atoms with Gasteiger partial charge in [0.1, 0.15) is 0 Å². The summed E-state index contributed by atoms with van der Waals surface area (Å²) in [5.74, 6) is 1.28. The van der Waals surface area contributed by atoms with E-state index in [2.05, 4.69) is 52.0 Å². The zero-order chi connectivity index (χ0) is 9.14. The van der Waals surface area contributed by atoms with Gasteiger partial charge in [0.15, 0.2) is 0 Å². The topological polar surface area (TPSA) is 0 Å². The van der Waals surface area contributed by atoms with Gasteiger partial charge in [-0.15, -0.1) is 0 Å². The van der Waals surface area contributed by atoms with E-state index in [0.717, 1.165) is 0 Å². The SMILES string of the molecule is CC(C)c1cccc(C(C)C)c1.[H-].[Li+]. The van der Waals surface area contributed by atoms with Crippen LogP contribution in [0, 0.1) is 0 Å². The Hall–Kier alpha value is -0.183. The molecule has 0 aromatic heterocycles. The molecule has 1 rings (SSSR count). The summed E-state index contributed by atoms with van der Waals surface area (Å²) in [4.78, 5) is 0. The third-order valence-corrected chi connectivity index (χ3v) is 2.24. The number of hydrogen-bond donors (Lipinski definition) is 0. The Bertz CT molecular complexity index is 233. The second-order valence-corrected chi connectivity index (χ2v) is 3.98. The second-order valence-electron chi connectivity index (χ2n) is 3.98. The number of benzene rings is 1. The molecule has 0 spiro atoms. The van der Waals surface area contributed by atoms with Crippen LogP contribution in [0.15, 0.2) is 24.3 Å². The summed E-state index contributed by atoms with van der Waals surface area (Å²) in [6.45, 7) is 8.94. The predicted molar refractivity (Wildman–Crippen MR) is 55.7 cm³/mol. The molecule has 0 nitrogen and oxygen atoms in total.